The highest BCUT2D eigenvalue weighted by Gasteiger charge is 2.46. The summed E-state index contributed by atoms with van der Waals surface area (Å²) in [7, 11) is -8.19. The van der Waals surface area contributed by atoms with Crippen LogP contribution in [0.15, 0.2) is 42.5 Å². The molecule has 0 spiro atoms. The lowest BCUT2D eigenvalue weighted by Crippen LogP contribution is -2.30. The molecule has 0 aromatic heterocycles. The molecular weight excluding hydrogens is 535 g/mol. The van der Waals surface area contributed by atoms with E-state index in [4.69, 9.17) is 18.0 Å². The van der Waals surface area contributed by atoms with Gasteiger partial charge in [-0.1, -0.05) is 75.8 Å². The second-order valence-electron chi connectivity index (χ2n) is 9.99. The fourth-order valence-electron chi connectivity index (χ4n) is 4.86. The molecule has 1 saturated carbocycles. The van der Waals surface area contributed by atoms with Gasteiger partial charge in [-0.2, -0.15) is 8.42 Å². The van der Waals surface area contributed by atoms with E-state index in [2.05, 4.69) is 6.92 Å². The Bertz CT molecular complexity index is 1200. The molecule has 1 atom stereocenters. The molecule has 0 N–H and O–H groups in total. The Balaban J connectivity index is 1.74. The predicted octanol–water partition coefficient (Wildman–Crippen LogP) is 8.47. The van der Waals surface area contributed by atoms with Gasteiger partial charge < -0.3 is 13.8 Å². The van der Waals surface area contributed by atoms with Gasteiger partial charge in [-0.25, -0.2) is 0 Å². The van der Waals surface area contributed by atoms with Gasteiger partial charge in [-0.15, -0.1) is 0 Å². The average molecular weight is 581 g/mol. The number of benzene rings is 2. The second-order valence-corrected chi connectivity index (χ2v) is 14.3. The molecular formula is C30H45O7PS. The maximum Gasteiger partial charge on any atom is 0.351 e. The summed E-state index contributed by atoms with van der Waals surface area (Å²) in [5.41, 5.74) is 0.905. The maximum atomic E-state index is 13.6. The van der Waals surface area contributed by atoms with Crippen LogP contribution in [0.3, 0.4) is 0 Å². The minimum absolute atomic E-state index is 0.0465. The van der Waals surface area contributed by atoms with Crippen molar-refractivity contribution >= 4 is 34.6 Å². The van der Waals surface area contributed by atoms with Crippen LogP contribution in [0.4, 0.5) is 0 Å². The molecule has 0 amide bonds. The molecule has 1 fully saturated rings. The molecule has 0 saturated heterocycles. The van der Waals surface area contributed by atoms with Gasteiger partial charge in [-0.3, -0.25) is 8.75 Å². The van der Waals surface area contributed by atoms with Crippen LogP contribution in [0.2, 0.25) is 0 Å². The highest BCUT2D eigenvalue weighted by atomic mass is 32.2. The van der Waals surface area contributed by atoms with Gasteiger partial charge in [-0.05, 0) is 74.1 Å². The molecule has 1 unspecified atom stereocenters. The number of ether oxygens (including phenoxy) is 1. The van der Waals surface area contributed by atoms with E-state index in [0.29, 0.717) is 19.4 Å². The third kappa shape index (κ3) is 9.72. The first-order valence-electron chi connectivity index (χ1n) is 14.4. The van der Waals surface area contributed by atoms with Crippen LogP contribution < -0.4 is 4.74 Å². The minimum Gasteiger partial charge on any atom is -0.494 e. The lowest BCUT2D eigenvalue weighted by atomic mass is 9.98. The fraction of sp³-hybridized carbons (Fsp3) is 0.600. The summed E-state index contributed by atoms with van der Waals surface area (Å²) >= 11 is 0. The van der Waals surface area contributed by atoms with E-state index in [1.165, 1.54) is 19.3 Å². The number of hydrogen-bond donors (Lipinski definition) is 0. The molecule has 218 valence electrons. The first-order valence-corrected chi connectivity index (χ1v) is 17.5. The first kappa shape index (κ1) is 31.8. The van der Waals surface area contributed by atoms with E-state index in [1.54, 1.807) is 19.9 Å². The van der Waals surface area contributed by atoms with Crippen molar-refractivity contribution in [2.75, 3.05) is 19.8 Å². The van der Waals surface area contributed by atoms with Crippen molar-refractivity contribution < 1.29 is 31.0 Å². The summed E-state index contributed by atoms with van der Waals surface area (Å²) in [6.07, 6.45) is 12.1. The van der Waals surface area contributed by atoms with Gasteiger partial charge in [0.1, 0.15) is 5.75 Å². The normalized spacial score (nSPS) is 16.2. The molecule has 1 aliphatic carbocycles. The van der Waals surface area contributed by atoms with Crippen LogP contribution in [0, 0.1) is 0 Å². The van der Waals surface area contributed by atoms with Crippen LogP contribution in [-0.4, -0.2) is 39.3 Å². The van der Waals surface area contributed by atoms with Crippen molar-refractivity contribution in [2.24, 2.45) is 0 Å². The van der Waals surface area contributed by atoms with Crippen molar-refractivity contribution in [2.45, 2.75) is 96.1 Å². The zero-order valence-electron chi connectivity index (χ0n) is 23.7. The van der Waals surface area contributed by atoms with E-state index in [0.717, 1.165) is 47.8 Å². The largest absolute Gasteiger partial charge is 0.494 e. The SMILES string of the molecule is CCCCCCOc1ccc2cc(/C=C/CC(P(=O)(OCC)OCC)S(=O)(=O)OC3CCCCC3)ccc2c1. The Labute approximate surface area is 234 Å². The number of unbranched alkanes of at least 4 members (excludes halogenated alkanes) is 3. The van der Waals surface area contributed by atoms with Gasteiger partial charge in [0, 0.05) is 0 Å². The first-order chi connectivity index (χ1) is 18.8. The molecule has 1 aliphatic rings. The molecule has 0 heterocycles. The zero-order chi connectivity index (χ0) is 28.1. The predicted molar refractivity (Wildman–Crippen MR) is 159 cm³/mol. The van der Waals surface area contributed by atoms with Crippen LogP contribution in [-0.2, 0) is 27.9 Å². The topological polar surface area (TPSA) is 88.1 Å². The molecule has 0 aliphatic heterocycles. The van der Waals surface area contributed by atoms with E-state index in [-0.39, 0.29) is 19.6 Å². The fourth-order valence-corrected chi connectivity index (χ4v) is 9.19. The van der Waals surface area contributed by atoms with Gasteiger partial charge in [0.05, 0.1) is 25.9 Å². The summed E-state index contributed by atoms with van der Waals surface area (Å²) in [4.78, 5) is -1.43. The number of hydrogen-bond acceptors (Lipinski definition) is 7. The third-order valence-electron chi connectivity index (χ3n) is 6.88. The van der Waals surface area contributed by atoms with Crippen molar-refractivity contribution in [1.82, 2.24) is 0 Å². The number of fused-ring (bicyclic) bond motifs is 1. The smallest absolute Gasteiger partial charge is 0.351 e. The van der Waals surface area contributed by atoms with E-state index in [1.807, 2.05) is 42.5 Å². The highest BCUT2D eigenvalue weighted by Crippen LogP contribution is 2.57. The molecule has 0 radical (unpaired) electrons. The van der Waals surface area contributed by atoms with Crippen LogP contribution in [0.5, 0.6) is 5.75 Å². The minimum atomic E-state index is -4.21. The monoisotopic (exact) mass is 580 g/mol. The highest BCUT2D eigenvalue weighted by molar-refractivity contribution is 7.94. The number of rotatable bonds is 17. The van der Waals surface area contributed by atoms with E-state index < -0.39 is 28.8 Å². The maximum absolute atomic E-state index is 13.6. The Morgan fingerprint density at radius 1 is 0.923 bits per heavy atom. The molecule has 0 bridgehead atoms. The Hall–Kier alpha value is -1.70. The summed E-state index contributed by atoms with van der Waals surface area (Å²) in [6, 6.07) is 12.1. The molecule has 9 heteroatoms. The van der Waals surface area contributed by atoms with Crippen molar-refractivity contribution in [1.29, 1.82) is 0 Å². The van der Waals surface area contributed by atoms with Gasteiger partial charge in [0.2, 0.25) is 0 Å². The molecule has 2 aromatic carbocycles. The lowest BCUT2D eigenvalue weighted by molar-refractivity contribution is 0.159. The van der Waals surface area contributed by atoms with Crippen LogP contribution >= 0.6 is 7.60 Å². The summed E-state index contributed by atoms with van der Waals surface area (Å²) < 4.78 is 62.8. The average Bonchev–Trinajstić information content (AvgIpc) is 2.91. The van der Waals surface area contributed by atoms with Crippen LogP contribution in [0.1, 0.15) is 90.5 Å². The third-order valence-corrected chi connectivity index (χ3v) is 12.0. The lowest BCUT2D eigenvalue weighted by Gasteiger charge is -2.28. The number of allylic oxidation sites excluding steroid dienone is 1. The molecule has 39 heavy (non-hydrogen) atoms. The Morgan fingerprint density at radius 2 is 1.62 bits per heavy atom. The summed E-state index contributed by atoms with van der Waals surface area (Å²) in [5, 5.41) is 2.12. The van der Waals surface area contributed by atoms with Gasteiger partial charge >= 0.3 is 7.60 Å². The molecule has 3 rings (SSSR count). The quantitative estimate of drug-likeness (QED) is 0.105. The Kier molecular flexibility index (Phi) is 13.0. The van der Waals surface area contributed by atoms with Crippen LogP contribution in [0.25, 0.3) is 16.8 Å². The summed E-state index contributed by atoms with van der Waals surface area (Å²) in [5.74, 6) is 0.857. The standard InChI is InChI=1S/C30H45O7PS/c1-4-7-8-12-22-34-29-21-20-26-23-25(18-19-27(26)24-29)14-13-17-30(38(31,35-5-2)36-6-3)39(32,33)37-28-15-10-9-11-16-28/h13-14,18-21,23-24,28,30H,4-12,15-17,22H2,1-3H3/b14-13+. The van der Waals surface area contributed by atoms with Gasteiger partial charge in [0.15, 0.2) is 4.99 Å². The van der Waals surface area contributed by atoms with Gasteiger partial charge in [0.25, 0.3) is 10.1 Å². The zero-order valence-corrected chi connectivity index (χ0v) is 25.4. The van der Waals surface area contributed by atoms with E-state index in [9.17, 15) is 13.0 Å². The van der Waals surface area contributed by atoms with Crippen molar-refractivity contribution in [3.8, 4) is 5.75 Å². The Morgan fingerprint density at radius 3 is 2.31 bits per heavy atom. The molecule has 2 aromatic rings. The van der Waals surface area contributed by atoms with Crippen molar-refractivity contribution in [3.63, 3.8) is 0 Å². The van der Waals surface area contributed by atoms with E-state index >= 15 is 0 Å². The molecule has 7 nitrogen and oxygen atoms in total. The van der Waals surface area contributed by atoms with Crippen molar-refractivity contribution in [3.05, 3.63) is 48.0 Å². The summed E-state index contributed by atoms with van der Waals surface area (Å²) in [6.45, 7) is 6.41. The second kappa shape index (κ2) is 15.9.